The highest BCUT2D eigenvalue weighted by molar-refractivity contribution is 5.98. The Morgan fingerprint density at radius 3 is 2.30 bits per heavy atom. The minimum absolute atomic E-state index is 0. The van der Waals surface area contributed by atoms with Crippen LogP contribution >= 0.6 is 12.4 Å². The third-order valence-corrected chi connectivity index (χ3v) is 4.47. The lowest BCUT2D eigenvalue weighted by atomic mass is 9.83. The van der Waals surface area contributed by atoms with E-state index in [2.05, 4.69) is 20.5 Å². The van der Waals surface area contributed by atoms with Crippen LogP contribution in [-0.4, -0.2) is 21.1 Å². The van der Waals surface area contributed by atoms with E-state index < -0.39 is 5.41 Å². The van der Waals surface area contributed by atoms with Gasteiger partial charge in [-0.15, -0.1) is 12.4 Å². The maximum absolute atomic E-state index is 12.8. The molecular weight excluding hydrogens is 362 g/mol. The second-order valence-corrected chi connectivity index (χ2v) is 6.83. The number of anilines is 1. The van der Waals surface area contributed by atoms with Gasteiger partial charge in [-0.2, -0.15) is 5.10 Å². The van der Waals surface area contributed by atoms with E-state index in [-0.39, 0.29) is 18.3 Å². The molecule has 142 valence electrons. The standard InChI is InChI=1S/C20H23N5O.ClH/c1-13-4-8-15(9-5-13)20(2,3)19(26)22-16-10-6-14(7-11-16)18-23-17(12-21)24-25-18;/h4-11H,12,21H2,1-3H3,(H,22,26)(H,23,24,25);1H. The zero-order valence-corrected chi connectivity index (χ0v) is 16.4. The van der Waals surface area contributed by atoms with Crippen molar-refractivity contribution in [1.82, 2.24) is 15.2 Å². The van der Waals surface area contributed by atoms with E-state index in [1.165, 1.54) is 5.56 Å². The summed E-state index contributed by atoms with van der Waals surface area (Å²) in [5.41, 5.74) is 8.64. The molecule has 4 N–H and O–H groups in total. The van der Waals surface area contributed by atoms with Gasteiger partial charge in [-0.25, -0.2) is 4.98 Å². The zero-order valence-electron chi connectivity index (χ0n) is 15.6. The second-order valence-electron chi connectivity index (χ2n) is 6.83. The summed E-state index contributed by atoms with van der Waals surface area (Å²) in [6, 6.07) is 15.5. The molecule has 0 saturated heterocycles. The molecule has 0 aliphatic heterocycles. The van der Waals surface area contributed by atoms with Crippen molar-refractivity contribution in [1.29, 1.82) is 0 Å². The third kappa shape index (κ3) is 4.53. The molecule has 0 bridgehead atoms. The molecule has 2 aromatic carbocycles. The van der Waals surface area contributed by atoms with Crippen LogP contribution in [0.15, 0.2) is 48.5 Å². The largest absolute Gasteiger partial charge is 0.325 e. The average Bonchev–Trinajstić information content (AvgIpc) is 3.12. The number of nitrogens with two attached hydrogens (primary N) is 1. The van der Waals surface area contributed by atoms with Gasteiger partial charge in [-0.1, -0.05) is 29.8 Å². The molecule has 3 rings (SSSR count). The van der Waals surface area contributed by atoms with Crippen molar-refractivity contribution in [3.63, 3.8) is 0 Å². The Morgan fingerprint density at radius 2 is 1.74 bits per heavy atom. The van der Waals surface area contributed by atoms with Gasteiger partial charge in [-0.05, 0) is 50.6 Å². The van der Waals surface area contributed by atoms with E-state index in [9.17, 15) is 4.79 Å². The highest BCUT2D eigenvalue weighted by Gasteiger charge is 2.29. The summed E-state index contributed by atoms with van der Waals surface area (Å²) in [4.78, 5) is 17.1. The number of hydrogen-bond donors (Lipinski definition) is 3. The van der Waals surface area contributed by atoms with Crippen LogP contribution in [0.4, 0.5) is 5.69 Å². The predicted octanol–water partition coefficient (Wildman–Crippen LogP) is 3.58. The van der Waals surface area contributed by atoms with Gasteiger partial charge in [0.1, 0.15) is 5.82 Å². The minimum atomic E-state index is -0.633. The van der Waals surface area contributed by atoms with Gasteiger partial charge in [0.2, 0.25) is 5.91 Å². The van der Waals surface area contributed by atoms with Crippen molar-refractivity contribution in [2.45, 2.75) is 32.7 Å². The van der Waals surface area contributed by atoms with Gasteiger partial charge in [0, 0.05) is 11.3 Å². The maximum atomic E-state index is 12.8. The topological polar surface area (TPSA) is 96.7 Å². The number of carbonyl (C=O) groups is 1. The van der Waals surface area contributed by atoms with E-state index >= 15 is 0 Å². The molecule has 0 fully saturated rings. The number of aromatic amines is 1. The highest BCUT2D eigenvalue weighted by Crippen LogP contribution is 2.26. The first-order chi connectivity index (χ1) is 12.4. The van der Waals surface area contributed by atoms with E-state index in [0.717, 1.165) is 16.8 Å². The highest BCUT2D eigenvalue weighted by atomic mass is 35.5. The third-order valence-electron chi connectivity index (χ3n) is 4.47. The number of carbonyl (C=O) groups excluding carboxylic acids is 1. The molecule has 6 nitrogen and oxygen atoms in total. The lowest BCUT2D eigenvalue weighted by molar-refractivity contribution is -0.120. The smallest absolute Gasteiger partial charge is 0.234 e. The molecule has 1 heterocycles. The van der Waals surface area contributed by atoms with Gasteiger partial charge < -0.3 is 11.1 Å². The fraction of sp³-hybridized carbons (Fsp3) is 0.250. The Hall–Kier alpha value is -2.70. The molecule has 0 aliphatic rings. The number of aryl methyl sites for hydroxylation is 1. The molecule has 0 radical (unpaired) electrons. The molecule has 0 unspecified atom stereocenters. The molecule has 27 heavy (non-hydrogen) atoms. The Labute approximate surface area is 165 Å². The number of halogens is 1. The molecule has 1 aromatic heterocycles. The molecule has 0 saturated carbocycles. The summed E-state index contributed by atoms with van der Waals surface area (Å²) in [7, 11) is 0. The van der Waals surface area contributed by atoms with Crippen LogP contribution in [0.5, 0.6) is 0 Å². The molecule has 0 spiro atoms. The van der Waals surface area contributed by atoms with Crippen molar-refractivity contribution in [3.05, 3.63) is 65.5 Å². The average molecular weight is 386 g/mol. The lowest BCUT2D eigenvalue weighted by Gasteiger charge is -2.24. The lowest BCUT2D eigenvalue weighted by Crippen LogP contribution is -2.34. The van der Waals surface area contributed by atoms with E-state index in [4.69, 9.17) is 5.73 Å². The van der Waals surface area contributed by atoms with Gasteiger partial charge >= 0.3 is 0 Å². The fourth-order valence-corrected chi connectivity index (χ4v) is 2.61. The Bertz CT molecular complexity index is 901. The normalized spacial score (nSPS) is 11.0. The number of rotatable bonds is 5. The number of nitrogens with zero attached hydrogens (tertiary/aromatic N) is 2. The first kappa shape index (κ1) is 20.6. The SMILES string of the molecule is Cc1ccc(C(C)(C)C(=O)Nc2ccc(-c3n[nH]c(CN)n3)cc2)cc1.Cl. The quantitative estimate of drug-likeness (QED) is 0.625. The molecule has 7 heteroatoms. The number of H-pyrrole nitrogens is 1. The van der Waals surface area contributed by atoms with Crippen LogP contribution in [0.1, 0.15) is 30.8 Å². The van der Waals surface area contributed by atoms with Gasteiger partial charge in [0.15, 0.2) is 5.82 Å². The van der Waals surface area contributed by atoms with E-state index in [1.807, 2.05) is 69.3 Å². The Kier molecular flexibility index (Phi) is 6.36. The molecule has 1 amide bonds. The van der Waals surface area contributed by atoms with Crippen molar-refractivity contribution >= 4 is 24.0 Å². The van der Waals surface area contributed by atoms with Crippen LogP contribution in [0, 0.1) is 6.92 Å². The summed E-state index contributed by atoms with van der Waals surface area (Å²) in [6.45, 7) is 6.19. The molecular formula is C20H24ClN5O. The summed E-state index contributed by atoms with van der Waals surface area (Å²) in [6.07, 6.45) is 0. The summed E-state index contributed by atoms with van der Waals surface area (Å²) in [5, 5.41) is 9.90. The second kappa shape index (κ2) is 8.33. The van der Waals surface area contributed by atoms with E-state index in [1.54, 1.807) is 0 Å². The van der Waals surface area contributed by atoms with Crippen LogP contribution in [-0.2, 0) is 16.8 Å². The van der Waals surface area contributed by atoms with Gasteiger partial charge in [0.25, 0.3) is 0 Å². The molecule has 0 atom stereocenters. The monoisotopic (exact) mass is 385 g/mol. The van der Waals surface area contributed by atoms with Gasteiger partial charge in [-0.3, -0.25) is 9.89 Å². The fourth-order valence-electron chi connectivity index (χ4n) is 2.61. The number of aromatic nitrogens is 3. The van der Waals surface area contributed by atoms with Crippen molar-refractivity contribution in [2.24, 2.45) is 5.73 Å². The predicted molar refractivity (Wildman–Crippen MR) is 110 cm³/mol. The summed E-state index contributed by atoms with van der Waals surface area (Å²) >= 11 is 0. The Balaban J connectivity index is 0.00000261. The van der Waals surface area contributed by atoms with Crippen molar-refractivity contribution < 1.29 is 4.79 Å². The number of nitrogens with one attached hydrogen (secondary N) is 2. The molecule has 3 aromatic rings. The molecule has 0 aliphatic carbocycles. The van der Waals surface area contributed by atoms with Crippen LogP contribution in [0.2, 0.25) is 0 Å². The van der Waals surface area contributed by atoms with Crippen LogP contribution in [0.3, 0.4) is 0 Å². The summed E-state index contributed by atoms with van der Waals surface area (Å²) in [5.74, 6) is 1.16. The first-order valence-corrected chi connectivity index (χ1v) is 8.50. The zero-order chi connectivity index (χ0) is 18.7. The number of hydrogen-bond acceptors (Lipinski definition) is 4. The number of amides is 1. The van der Waals surface area contributed by atoms with Crippen LogP contribution in [0.25, 0.3) is 11.4 Å². The maximum Gasteiger partial charge on any atom is 0.234 e. The van der Waals surface area contributed by atoms with Gasteiger partial charge in [0.05, 0.1) is 12.0 Å². The number of benzene rings is 2. The Morgan fingerprint density at radius 1 is 1.11 bits per heavy atom. The van der Waals surface area contributed by atoms with Crippen molar-refractivity contribution in [3.8, 4) is 11.4 Å². The van der Waals surface area contributed by atoms with Crippen molar-refractivity contribution in [2.75, 3.05) is 5.32 Å². The summed E-state index contributed by atoms with van der Waals surface area (Å²) < 4.78 is 0. The minimum Gasteiger partial charge on any atom is -0.325 e. The first-order valence-electron chi connectivity index (χ1n) is 8.50. The van der Waals surface area contributed by atoms with Crippen LogP contribution < -0.4 is 11.1 Å². The van der Waals surface area contributed by atoms with E-state index in [0.29, 0.717) is 18.2 Å².